The molecule has 1 aromatic heterocycles. The highest BCUT2D eigenvalue weighted by atomic mass is 79.9. The maximum atomic E-state index is 13.0. The van der Waals surface area contributed by atoms with E-state index in [1.165, 1.54) is 10.8 Å². The molecule has 7 nitrogen and oxygen atoms in total. The van der Waals surface area contributed by atoms with Crippen molar-refractivity contribution in [3.05, 3.63) is 43.9 Å². The molecule has 0 spiro atoms. The van der Waals surface area contributed by atoms with Crippen LogP contribution in [0.5, 0.6) is 5.75 Å². The van der Waals surface area contributed by atoms with Crippen LogP contribution in [0.15, 0.2) is 27.6 Å². The van der Waals surface area contributed by atoms with E-state index in [0.717, 1.165) is 10.0 Å². The molecule has 27 heavy (non-hydrogen) atoms. The number of nitrogens with zero attached hydrogens (tertiary/aromatic N) is 2. The van der Waals surface area contributed by atoms with Gasteiger partial charge >= 0.3 is 0 Å². The number of methoxy groups -OCH3 is 3. The Bertz CT molecular complexity index is 844. The fourth-order valence-electron chi connectivity index (χ4n) is 2.73. The van der Waals surface area contributed by atoms with Crippen molar-refractivity contribution in [1.29, 1.82) is 0 Å². The lowest BCUT2D eigenvalue weighted by molar-refractivity contribution is 0.119. The SMILES string of the molecule is COCCC(COC)n1cc(Cl)nc(Nc2c(C)cc(Br)cc2OC)c1=O. The maximum absolute atomic E-state index is 13.0. The predicted octanol–water partition coefficient (Wildman–Crippen LogP) is 3.94. The minimum absolute atomic E-state index is 0.116. The number of rotatable bonds is 9. The molecule has 0 saturated carbocycles. The second kappa shape index (κ2) is 10.1. The van der Waals surface area contributed by atoms with Gasteiger partial charge in [-0.3, -0.25) is 4.79 Å². The molecule has 1 atom stereocenters. The van der Waals surface area contributed by atoms with Crippen molar-refractivity contribution in [1.82, 2.24) is 9.55 Å². The molecule has 2 aromatic rings. The van der Waals surface area contributed by atoms with Crippen LogP contribution in [0.25, 0.3) is 0 Å². The highest BCUT2D eigenvalue weighted by Gasteiger charge is 2.18. The molecule has 0 radical (unpaired) electrons. The smallest absolute Gasteiger partial charge is 0.294 e. The second-order valence-electron chi connectivity index (χ2n) is 5.94. The summed E-state index contributed by atoms with van der Waals surface area (Å²) in [5.41, 5.74) is 1.24. The first-order chi connectivity index (χ1) is 12.9. The lowest BCUT2D eigenvalue weighted by atomic mass is 10.2. The van der Waals surface area contributed by atoms with Gasteiger partial charge in [0.2, 0.25) is 0 Å². The van der Waals surface area contributed by atoms with Crippen LogP contribution in [-0.4, -0.2) is 44.1 Å². The second-order valence-corrected chi connectivity index (χ2v) is 7.24. The van der Waals surface area contributed by atoms with Gasteiger partial charge in [-0.2, -0.15) is 0 Å². The van der Waals surface area contributed by atoms with E-state index in [2.05, 4.69) is 26.2 Å². The molecule has 0 aliphatic heterocycles. The van der Waals surface area contributed by atoms with Crippen LogP contribution in [0.3, 0.4) is 0 Å². The van der Waals surface area contributed by atoms with Crippen LogP contribution < -0.4 is 15.6 Å². The summed E-state index contributed by atoms with van der Waals surface area (Å²) in [5, 5.41) is 3.27. The Kier molecular flexibility index (Phi) is 8.09. The molecular weight excluding hydrogens is 438 g/mol. The van der Waals surface area contributed by atoms with E-state index in [1.54, 1.807) is 21.3 Å². The topological polar surface area (TPSA) is 74.6 Å². The average Bonchev–Trinajstić information content (AvgIpc) is 2.63. The summed E-state index contributed by atoms with van der Waals surface area (Å²) in [7, 11) is 4.76. The van der Waals surface area contributed by atoms with E-state index in [-0.39, 0.29) is 22.6 Å². The van der Waals surface area contributed by atoms with Crippen LogP contribution in [0.1, 0.15) is 18.0 Å². The third kappa shape index (κ3) is 5.44. The molecule has 0 fully saturated rings. The first kappa shape index (κ1) is 21.7. The number of aryl methyl sites for hydroxylation is 1. The summed E-state index contributed by atoms with van der Waals surface area (Å²) < 4.78 is 18.2. The Morgan fingerprint density at radius 2 is 2.04 bits per heavy atom. The summed E-state index contributed by atoms with van der Waals surface area (Å²) in [6, 6.07) is 3.50. The molecule has 2 rings (SSSR count). The number of anilines is 2. The standard InChI is InChI=1S/C18H23BrClN3O4/c1-11-7-12(19)8-14(27-4)16(11)22-17-18(24)23(9-15(20)21-17)13(10-26-3)5-6-25-2/h7-9,13H,5-6,10H2,1-4H3,(H,21,22). The van der Waals surface area contributed by atoms with Crippen molar-refractivity contribution in [2.24, 2.45) is 0 Å². The Hall–Kier alpha value is -1.61. The van der Waals surface area contributed by atoms with Gasteiger partial charge in [0.25, 0.3) is 5.56 Å². The summed E-state index contributed by atoms with van der Waals surface area (Å²) in [5.74, 6) is 0.701. The van der Waals surface area contributed by atoms with Crippen LogP contribution >= 0.6 is 27.5 Å². The molecule has 9 heteroatoms. The molecule has 1 unspecified atom stereocenters. The van der Waals surface area contributed by atoms with E-state index in [0.29, 0.717) is 31.1 Å². The monoisotopic (exact) mass is 459 g/mol. The van der Waals surface area contributed by atoms with Crippen molar-refractivity contribution in [3.8, 4) is 5.75 Å². The molecule has 148 valence electrons. The van der Waals surface area contributed by atoms with E-state index in [4.69, 9.17) is 25.8 Å². The Labute approximate surface area is 171 Å². The minimum atomic E-state index is -0.304. The van der Waals surface area contributed by atoms with Crippen molar-refractivity contribution < 1.29 is 14.2 Å². The van der Waals surface area contributed by atoms with E-state index < -0.39 is 0 Å². The largest absolute Gasteiger partial charge is 0.495 e. The van der Waals surface area contributed by atoms with Crippen LogP contribution in [-0.2, 0) is 9.47 Å². The number of nitrogens with one attached hydrogen (secondary N) is 1. The maximum Gasteiger partial charge on any atom is 0.294 e. The van der Waals surface area contributed by atoms with E-state index in [9.17, 15) is 4.79 Å². The van der Waals surface area contributed by atoms with Gasteiger partial charge in [0.1, 0.15) is 10.9 Å². The quantitative estimate of drug-likeness (QED) is 0.611. The fourth-order valence-corrected chi connectivity index (χ4v) is 3.47. The van der Waals surface area contributed by atoms with Gasteiger partial charge in [-0.05, 0) is 31.0 Å². The van der Waals surface area contributed by atoms with Gasteiger partial charge in [-0.25, -0.2) is 4.98 Å². The molecule has 0 saturated heterocycles. The van der Waals surface area contributed by atoms with E-state index in [1.807, 2.05) is 19.1 Å². The van der Waals surface area contributed by atoms with Crippen LogP contribution in [0.4, 0.5) is 11.5 Å². The van der Waals surface area contributed by atoms with E-state index >= 15 is 0 Å². The molecule has 1 aromatic carbocycles. The summed E-state index contributed by atoms with van der Waals surface area (Å²) in [4.78, 5) is 17.2. The molecule has 1 N–H and O–H groups in total. The van der Waals surface area contributed by atoms with Crippen molar-refractivity contribution in [3.63, 3.8) is 0 Å². The third-order valence-electron chi connectivity index (χ3n) is 4.04. The molecule has 0 amide bonds. The zero-order chi connectivity index (χ0) is 20.0. The number of aromatic nitrogens is 2. The lowest BCUT2D eigenvalue weighted by Crippen LogP contribution is -2.30. The van der Waals surface area contributed by atoms with Gasteiger partial charge in [-0.1, -0.05) is 27.5 Å². The highest BCUT2D eigenvalue weighted by Crippen LogP contribution is 2.33. The first-order valence-corrected chi connectivity index (χ1v) is 9.46. The molecule has 0 aliphatic carbocycles. The van der Waals surface area contributed by atoms with Gasteiger partial charge in [-0.15, -0.1) is 0 Å². The predicted molar refractivity (Wildman–Crippen MR) is 110 cm³/mol. The summed E-state index contributed by atoms with van der Waals surface area (Å²) in [6.07, 6.45) is 2.12. The number of halogens is 2. The van der Waals surface area contributed by atoms with Gasteiger partial charge < -0.3 is 24.1 Å². The number of ether oxygens (including phenoxy) is 3. The van der Waals surface area contributed by atoms with Gasteiger partial charge in [0, 0.05) is 31.5 Å². The molecular formula is C18H23BrClN3O4. The molecule has 0 aliphatic rings. The number of benzene rings is 1. The zero-order valence-corrected chi connectivity index (χ0v) is 18.1. The Balaban J connectivity index is 2.48. The Morgan fingerprint density at radius 1 is 1.30 bits per heavy atom. The third-order valence-corrected chi connectivity index (χ3v) is 4.68. The lowest BCUT2D eigenvalue weighted by Gasteiger charge is -2.20. The van der Waals surface area contributed by atoms with Crippen molar-refractivity contribution in [2.45, 2.75) is 19.4 Å². The zero-order valence-electron chi connectivity index (χ0n) is 15.7. The summed E-state index contributed by atoms with van der Waals surface area (Å²) in [6.45, 7) is 2.75. The van der Waals surface area contributed by atoms with Gasteiger partial charge in [0.05, 0.1) is 25.4 Å². The highest BCUT2D eigenvalue weighted by molar-refractivity contribution is 9.10. The first-order valence-electron chi connectivity index (χ1n) is 8.29. The number of hydrogen-bond donors (Lipinski definition) is 1. The number of hydrogen-bond acceptors (Lipinski definition) is 6. The fraction of sp³-hybridized carbons (Fsp3) is 0.444. The summed E-state index contributed by atoms with van der Waals surface area (Å²) >= 11 is 9.62. The van der Waals surface area contributed by atoms with Crippen molar-refractivity contribution >= 4 is 39.0 Å². The van der Waals surface area contributed by atoms with Crippen molar-refractivity contribution in [2.75, 3.05) is 39.9 Å². The molecule has 0 bridgehead atoms. The Morgan fingerprint density at radius 3 is 2.67 bits per heavy atom. The average molecular weight is 461 g/mol. The molecule has 1 heterocycles. The van der Waals surface area contributed by atoms with Crippen LogP contribution in [0.2, 0.25) is 5.15 Å². The van der Waals surface area contributed by atoms with Crippen LogP contribution in [0, 0.1) is 6.92 Å². The minimum Gasteiger partial charge on any atom is -0.495 e. The normalized spacial score (nSPS) is 12.1. The van der Waals surface area contributed by atoms with Gasteiger partial charge in [0.15, 0.2) is 5.82 Å².